The van der Waals surface area contributed by atoms with Gasteiger partial charge in [-0.1, -0.05) is 17.3 Å². The fourth-order valence-electron chi connectivity index (χ4n) is 3.47. The summed E-state index contributed by atoms with van der Waals surface area (Å²) in [7, 11) is 0. The number of alkyl halides is 3. The van der Waals surface area contributed by atoms with Gasteiger partial charge in [-0.2, -0.15) is 13.2 Å². The standard InChI is InChI=1S/C17H21F3N4O2/c1-11-8-16(26,12-2-4-13(5-3-12)17(18,19)20)9-14(21-11)15-10-24(6-7-25)23-22-15/h2-5,10-11,14,21,25-26H,6-9H2,1H3/t11-,14-,16?/m0/s1. The number of aliphatic hydroxyl groups excluding tert-OH is 1. The molecular weight excluding hydrogens is 349 g/mol. The van der Waals surface area contributed by atoms with Crippen LogP contribution < -0.4 is 5.32 Å². The highest BCUT2D eigenvalue weighted by Gasteiger charge is 2.40. The number of hydrogen-bond acceptors (Lipinski definition) is 5. The fourth-order valence-corrected chi connectivity index (χ4v) is 3.47. The van der Waals surface area contributed by atoms with E-state index in [4.69, 9.17) is 5.11 Å². The quantitative estimate of drug-likeness (QED) is 0.767. The molecule has 142 valence electrons. The van der Waals surface area contributed by atoms with Crippen molar-refractivity contribution in [3.8, 4) is 0 Å². The summed E-state index contributed by atoms with van der Waals surface area (Å²) in [6.07, 6.45) is -2.07. The topological polar surface area (TPSA) is 83.2 Å². The number of nitrogens with zero attached hydrogens (tertiary/aromatic N) is 3. The third-order valence-electron chi connectivity index (χ3n) is 4.66. The van der Waals surface area contributed by atoms with Crippen LogP contribution >= 0.6 is 0 Å². The van der Waals surface area contributed by atoms with Crippen LogP contribution in [0.3, 0.4) is 0 Å². The second kappa shape index (κ2) is 6.98. The van der Waals surface area contributed by atoms with Crippen LogP contribution in [0.5, 0.6) is 0 Å². The van der Waals surface area contributed by atoms with Crippen molar-refractivity contribution in [1.82, 2.24) is 20.3 Å². The highest BCUT2D eigenvalue weighted by molar-refractivity contribution is 5.30. The molecule has 0 amide bonds. The first-order valence-corrected chi connectivity index (χ1v) is 8.38. The third kappa shape index (κ3) is 3.89. The van der Waals surface area contributed by atoms with Crippen molar-refractivity contribution in [2.24, 2.45) is 0 Å². The zero-order valence-electron chi connectivity index (χ0n) is 14.2. The molecule has 2 heterocycles. The summed E-state index contributed by atoms with van der Waals surface area (Å²) in [6.45, 7) is 2.16. The number of nitrogens with one attached hydrogen (secondary N) is 1. The Morgan fingerprint density at radius 2 is 1.96 bits per heavy atom. The van der Waals surface area contributed by atoms with Crippen molar-refractivity contribution < 1.29 is 23.4 Å². The lowest BCUT2D eigenvalue weighted by Gasteiger charge is -2.40. The van der Waals surface area contributed by atoms with Crippen LogP contribution in [-0.4, -0.2) is 37.9 Å². The van der Waals surface area contributed by atoms with Crippen molar-refractivity contribution in [2.75, 3.05) is 6.61 Å². The van der Waals surface area contributed by atoms with Crippen LogP contribution in [0.1, 0.15) is 42.6 Å². The normalized spacial score (nSPS) is 26.8. The van der Waals surface area contributed by atoms with Crippen LogP contribution in [0.2, 0.25) is 0 Å². The molecule has 1 unspecified atom stereocenters. The lowest BCUT2D eigenvalue weighted by molar-refractivity contribution is -0.137. The lowest BCUT2D eigenvalue weighted by Crippen LogP contribution is -2.47. The molecule has 1 aliphatic rings. The smallest absolute Gasteiger partial charge is 0.394 e. The number of hydrogen-bond donors (Lipinski definition) is 3. The minimum atomic E-state index is -4.41. The van der Waals surface area contributed by atoms with E-state index in [0.717, 1.165) is 12.1 Å². The summed E-state index contributed by atoms with van der Waals surface area (Å²) in [4.78, 5) is 0. The largest absolute Gasteiger partial charge is 0.416 e. The van der Waals surface area contributed by atoms with Gasteiger partial charge in [-0.3, -0.25) is 0 Å². The maximum atomic E-state index is 12.8. The number of halogens is 3. The van der Waals surface area contributed by atoms with E-state index in [0.29, 0.717) is 24.2 Å². The molecule has 26 heavy (non-hydrogen) atoms. The molecule has 9 heteroatoms. The molecule has 0 bridgehead atoms. The zero-order valence-corrected chi connectivity index (χ0v) is 14.2. The van der Waals surface area contributed by atoms with Gasteiger partial charge in [0, 0.05) is 12.5 Å². The maximum absolute atomic E-state index is 12.8. The minimum absolute atomic E-state index is 0.0627. The van der Waals surface area contributed by atoms with E-state index in [1.54, 1.807) is 6.20 Å². The Balaban J connectivity index is 1.83. The molecule has 1 fully saturated rings. The molecule has 3 rings (SSSR count). The summed E-state index contributed by atoms with van der Waals surface area (Å²) in [5.41, 5.74) is -0.933. The molecule has 6 nitrogen and oxygen atoms in total. The predicted octanol–water partition coefficient (Wildman–Crippen LogP) is 1.99. The van der Waals surface area contributed by atoms with Crippen molar-refractivity contribution in [3.05, 3.63) is 47.3 Å². The average Bonchev–Trinajstić information content (AvgIpc) is 3.02. The Morgan fingerprint density at radius 1 is 1.27 bits per heavy atom. The second-order valence-corrected chi connectivity index (χ2v) is 6.77. The monoisotopic (exact) mass is 370 g/mol. The molecular formula is C17H21F3N4O2. The van der Waals surface area contributed by atoms with E-state index < -0.39 is 17.3 Å². The van der Waals surface area contributed by atoms with Gasteiger partial charge < -0.3 is 15.5 Å². The van der Waals surface area contributed by atoms with E-state index in [1.165, 1.54) is 16.8 Å². The summed E-state index contributed by atoms with van der Waals surface area (Å²) in [6, 6.07) is 4.29. The third-order valence-corrected chi connectivity index (χ3v) is 4.66. The molecule has 1 aromatic carbocycles. The van der Waals surface area contributed by atoms with Crippen molar-refractivity contribution in [2.45, 2.75) is 50.2 Å². The fraction of sp³-hybridized carbons (Fsp3) is 0.529. The van der Waals surface area contributed by atoms with Crippen molar-refractivity contribution >= 4 is 0 Å². The van der Waals surface area contributed by atoms with Gasteiger partial charge in [0.25, 0.3) is 0 Å². The molecule has 1 saturated heterocycles. The highest BCUT2D eigenvalue weighted by atomic mass is 19.4. The van der Waals surface area contributed by atoms with Crippen LogP contribution in [0.15, 0.2) is 30.5 Å². The molecule has 2 aromatic rings. The average molecular weight is 370 g/mol. The van der Waals surface area contributed by atoms with Gasteiger partial charge in [-0.15, -0.1) is 5.10 Å². The van der Waals surface area contributed by atoms with Crippen LogP contribution in [0.25, 0.3) is 0 Å². The Morgan fingerprint density at radius 3 is 2.58 bits per heavy atom. The Hall–Kier alpha value is -1.97. The van der Waals surface area contributed by atoms with Crippen LogP contribution in [0.4, 0.5) is 13.2 Å². The van der Waals surface area contributed by atoms with E-state index in [2.05, 4.69) is 15.6 Å². The molecule has 0 aliphatic carbocycles. The first-order valence-electron chi connectivity index (χ1n) is 8.38. The van der Waals surface area contributed by atoms with Crippen molar-refractivity contribution in [1.29, 1.82) is 0 Å². The number of aromatic nitrogens is 3. The van der Waals surface area contributed by atoms with Gasteiger partial charge in [0.1, 0.15) is 0 Å². The van der Waals surface area contributed by atoms with E-state index in [1.807, 2.05) is 6.92 Å². The molecule has 3 N–H and O–H groups in total. The maximum Gasteiger partial charge on any atom is 0.416 e. The van der Waals surface area contributed by atoms with E-state index in [9.17, 15) is 18.3 Å². The number of piperidine rings is 1. The first-order chi connectivity index (χ1) is 12.2. The van der Waals surface area contributed by atoms with Gasteiger partial charge in [0.15, 0.2) is 0 Å². The van der Waals surface area contributed by atoms with E-state index in [-0.39, 0.29) is 25.1 Å². The molecule has 0 saturated carbocycles. The second-order valence-electron chi connectivity index (χ2n) is 6.77. The molecule has 3 atom stereocenters. The molecule has 0 radical (unpaired) electrons. The molecule has 0 spiro atoms. The number of aliphatic hydroxyl groups is 2. The zero-order chi connectivity index (χ0) is 18.9. The Bertz CT molecular complexity index is 747. The predicted molar refractivity (Wildman–Crippen MR) is 87.0 cm³/mol. The Kier molecular flexibility index (Phi) is 5.05. The summed E-state index contributed by atoms with van der Waals surface area (Å²) < 4.78 is 39.8. The summed E-state index contributed by atoms with van der Waals surface area (Å²) in [5.74, 6) is 0. The van der Waals surface area contributed by atoms with Gasteiger partial charge >= 0.3 is 6.18 Å². The Labute approximate surface area is 148 Å². The van der Waals surface area contributed by atoms with Gasteiger partial charge in [0.2, 0.25) is 0 Å². The summed E-state index contributed by atoms with van der Waals surface area (Å²) >= 11 is 0. The van der Waals surface area contributed by atoms with Gasteiger partial charge in [-0.05, 0) is 31.0 Å². The van der Waals surface area contributed by atoms with Gasteiger partial charge in [-0.25, -0.2) is 4.68 Å². The first kappa shape index (κ1) is 18.8. The summed E-state index contributed by atoms with van der Waals surface area (Å²) in [5, 5.41) is 31.4. The number of rotatable bonds is 4. The van der Waals surface area contributed by atoms with E-state index >= 15 is 0 Å². The van der Waals surface area contributed by atoms with Crippen molar-refractivity contribution in [3.63, 3.8) is 0 Å². The van der Waals surface area contributed by atoms with Gasteiger partial charge in [0.05, 0.1) is 42.2 Å². The molecule has 1 aliphatic heterocycles. The SMILES string of the molecule is C[C@H]1CC(O)(c2ccc(C(F)(F)F)cc2)C[C@@H](c2cn(CCO)nn2)N1. The molecule has 1 aromatic heterocycles. The highest BCUT2D eigenvalue weighted by Crippen LogP contribution is 2.40. The minimum Gasteiger partial charge on any atom is -0.394 e. The van der Waals surface area contributed by atoms with Crippen LogP contribution in [-0.2, 0) is 18.3 Å². The lowest BCUT2D eigenvalue weighted by atomic mass is 9.78. The number of benzene rings is 1. The van der Waals surface area contributed by atoms with Crippen LogP contribution in [0, 0.1) is 0 Å².